The topological polar surface area (TPSA) is 61.9 Å². The number of fused-ring (bicyclic) bond motifs is 1. The summed E-state index contributed by atoms with van der Waals surface area (Å²) in [5.41, 5.74) is 3.22. The van der Waals surface area contributed by atoms with Gasteiger partial charge in [0.2, 0.25) is 10.0 Å². The van der Waals surface area contributed by atoms with E-state index in [0.29, 0.717) is 37.1 Å². The highest BCUT2D eigenvalue weighted by molar-refractivity contribution is 7.89. The number of piperazine rings is 1. The van der Waals surface area contributed by atoms with Crippen LogP contribution in [-0.2, 0) is 16.4 Å². The van der Waals surface area contributed by atoms with Crippen LogP contribution in [0.2, 0.25) is 0 Å². The van der Waals surface area contributed by atoms with Gasteiger partial charge in [-0.1, -0.05) is 0 Å². The highest BCUT2D eigenvalue weighted by atomic mass is 32.2. The molecule has 2 aliphatic rings. The van der Waals surface area contributed by atoms with E-state index in [1.54, 1.807) is 17.5 Å². The Labute approximate surface area is 160 Å². The van der Waals surface area contributed by atoms with Crippen molar-refractivity contribution in [1.29, 1.82) is 0 Å². The van der Waals surface area contributed by atoms with Crippen LogP contribution in [0.1, 0.15) is 12.5 Å². The minimum Gasteiger partial charge on any atom is -0.497 e. The fraction of sp³-hybridized carbons (Fsp3) is 0.400. The first kappa shape index (κ1) is 18.1. The summed E-state index contributed by atoms with van der Waals surface area (Å²) in [6.45, 7) is 4.43. The quantitative estimate of drug-likeness (QED) is 0.874. The van der Waals surface area contributed by atoms with E-state index in [4.69, 9.17) is 4.74 Å². The third-order valence-corrected chi connectivity index (χ3v) is 7.21. The van der Waals surface area contributed by atoms with Crippen molar-refractivity contribution < 1.29 is 13.2 Å². The number of nitrogens with zero attached hydrogens (tertiary/aromatic N) is 2. The van der Waals surface area contributed by atoms with Gasteiger partial charge in [-0.25, -0.2) is 8.42 Å². The van der Waals surface area contributed by atoms with E-state index < -0.39 is 10.0 Å². The largest absolute Gasteiger partial charge is 0.497 e. The van der Waals surface area contributed by atoms with Crippen molar-refractivity contribution in [2.24, 2.45) is 0 Å². The van der Waals surface area contributed by atoms with Crippen molar-refractivity contribution >= 4 is 21.4 Å². The van der Waals surface area contributed by atoms with Crippen LogP contribution in [0.15, 0.2) is 47.4 Å². The number of sulfonamides is 1. The zero-order valence-electron chi connectivity index (χ0n) is 15.7. The van der Waals surface area contributed by atoms with E-state index in [1.807, 2.05) is 36.4 Å². The van der Waals surface area contributed by atoms with Crippen LogP contribution in [0, 0.1) is 0 Å². The van der Waals surface area contributed by atoms with Crippen LogP contribution in [-0.4, -0.2) is 52.1 Å². The molecule has 1 N–H and O–H groups in total. The van der Waals surface area contributed by atoms with Gasteiger partial charge in [0.15, 0.2) is 0 Å². The van der Waals surface area contributed by atoms with Crippen LogP contribution in [0.3, 0.4) is 0 Å². The minimum atomic E-state index is -3.46. The predicted molar refractivity (Wildman–Crippen MR) is 107 cm³/mol. The van der Waals surface area contributed by atoms with Crippen molar-refractivity contribution in [2.45, 2.75) is 24.3 Å². The lowest BCUT2D eigenvalue weighted by atomic mass is 10.1. The van der Waals surface area contributed by atoms with Gasteiger partial charge in [-0.15, -0.1) is 0 Å². The van der Waals surface area contributed by atoms with Gasteiger partial charge in [0.1, 0.15) is 5.75 Å². The maximum Gasteiger partial charge on any atom is 0.243 e. The molecule has 2 aromatic carbocycles. The summed E-state index contributed by atoms with van der Waals surface area (Å²) in [5.74, 6) is 0.820. The smallest absolute Gasteiger partial charge is 0.243 e. The zero-order valence-corrected chi connectivity index (χ0v) is 16.5. The summed E-state index contributed by atoms with van der Waals surface area (Å²) in [4.78, 5) is 2.61. The SMILES string of the molecule is COc1ccc(N2CCN(S(=O)(=O)c3ccc4c(c3)C[C@H](C)N4)CC2)cc1. The molecule has 0 radical (unpaired) electrons. The van der Waals surface area contributed by atoms with Crippen molar-refractivity contribution in [2.75, 3.05) is 43.5 Å². The standard InChI is InChI=1S/C20H25N3O3S/c1-15-13-16-14-19(7-8-20(16)21-15)27(24,25)23-11-9-22(10-12-23)17-3-5-18(26-2)6-4-17/h3-8,14-15,21H,9-13H2,1-2H3/t15-/m0/s1. The molecule has 1 saturated heterocycles. The number of benzene rings is 2. The number of hydrogen-bond donors (Lipinski definition) is 1. The molecule has 0 saturated carbocycles. The lowest BCUT2D eigenvalue weighted by molar-refractivity contribution is 0.384. The number of nitrogens with one attached hydrogen (secondary N) is 1. The van der Waals surface area contributed by atoms with Gasteiger partial charge in [0.05, 0.1) is 12.0 Å². The molecule has 1 atom stereocenters. The fourth-order valence-electron chi connectivity index (χ4n) is 3.82. The van der Waals surface area contributed by atoms with Crippen molar-refractivity contribution in [1.82, 2.24) is 4.31 Å². The summed E-state index contributed by atoms with van der Waals surface area (Å²) in [6, 6.07) is 13.7. The lowest BCUT2D eigenvalue weighted by Crippen LogP contribution is -2.48. The number of rotatable bonds is 4. The number of methoxy groups -OCH3 is 1. The molecule has 0 aliphatic carbocycles. The average Bonchev–Trinajstić information content (AvgIpc) is 3.07. The van der Waals surface area contributed by atoms with E-state index in [2.05, 4.69) is 17.1 Å². The Bertz CT molecular complexity index is 920. The summed E-state index contributed by atoms with van der Waals surface area (Å²) < 4.78 is 32.9. The van der Waals surface area contributed by atoms with E-state index in [-0.39, 0.29) is 0 Å². The fourth-order valence-corrected chi connectivity index (χ4v) is 5.29. The molecule has 1 fully saturated rings. The first-order valence-electron chi connectivity index (χ1n) is 9.26. The highest BCUT2D eigenvalue weighted by Crippen LogP contribution is 2.30. The Kier molecular flexibility index (Phi) is 4.74. The third-order valence-electron chi connectivity index (χ3n) is 5.32. The van der Waals surface area contributed by atoms with Crippen molar-refractivity contribution in [3.63, 3.8) is 0 Å². The highest BCUT2D eigenvalue weighted by Gasteiger charge is 2.30. The van der Waals surface area contributed by atoms with Gasteiger partial charge in [0.25, 0.3) is 0 Å². The maximum absolute atomic E-state index is 13.1. The summed E-state index contributed by atoms with van der Waals surface area (Å²) in [6.07, 6.45) is 0.865. The van der Waals surface area contributed by atoms with Crippen molar-refractivity contribution in [3.8, 4) is 5.75 Å². The normalized spacial score (nSPS) is 20.2. The molecule has 0 spiro atoms. The predicted octanol–water partition coefficient (Wildman–Crippen LogP) is 2.56. The first-order valence-corrected chi connectivity index (χ1v) is 10.7. The summed E-state index contributed by atoms with van der Waals surface area (Å²) in [7, 11) is -1.81. The van der Waals surface area contributed by atoms with Gasteiger partial charge in [-0.3, -0.25) is 0 Å². The molecule has 6 nitrogen and oxygen atoms in total. The average molecular weight is 388 g/mol. The third kappa shape index (κ3) is 3.49. The molecule has 144 valence electrons. The molecule has 0 unspecified atom stereocenters. The van der Waals surface area contributed by atoms with E-state index in [1.165, 1.54) is 0 Å². The number of anilines is 2. The lowest BCUT2D eigenvalue weighted by Gasteiger charge is -2.35. The van der Waals surface area contributed by atoms with Crippen molar-refractivity contribution in [3.05, 3.63) is 48.0 Å². The summed E-state index contributed by atoms with van der Waals surface area (Å²) >= 11 is 0. The Morgan fingerprint density at radius 2 is 1.74 bits per heavy atom. The molecule has 2 aromatic rings. The van der Waals surface area contributed by atoms with Gasteiger partial charge in [0, 0.05) is 43.6 Å². The Morgan fingerprint density at radius 1 is 1.04 bits per heavy atom. The Hall–Kier alpha value is -2.25. The second kappa shape index (κ2) is 7.05. The first-order chi connectivity index (χ1) is 13.0. The number of hydrogen-bond acceptors (Lipinski definition) is 5. The van der Waals surface area contributed by atoms with Gasteiger partial charge >= 0.3 is 0 Å². The molecule has 4 rings (SSSR count). The minimum absolute atomic E-state index is 0.353. The van der Waals surface area contributed by atoms with Crippen LogP contribution in [0.25, 0.3) is 0 Å². The van der Waals surface area contributed by atoms with Gasteiger partial charge in [-0.2, -0.15) is 4.31 Å². The van der Waals surface area contributed by atoms with Crippen LogP contribution < -0.4 is 15.0 Å². The van der Waals surface area contributed by atoms with Crippen LogP contribution >= 0.6 is 0 Å². The van der Waals surface area contributed by atoms with E-state index in [9.17, 15) is 8.42 Å². The molecule has 7 heteroatoms. The van der Waals surface area contributed by atoms with E-state index in [0.717, 1.165) is 29.1 Å². The molecule has 2 aliphatic heterocycles. The monoisotopic (exact) mass is 387 g/mol. The molecular weight excluding hydrogens is 362 g/mol. The maximum atomic E-state index is 13.1. The summed E-state index contributed by atoms with van der Waals surface area (Å²) in [5, 5.41) is 3.36. The van der Waals surface area contributed by atoms with E-state index >= 15 is 0 Å². The molecule has 0 amide bonds. The van der Waals surface area contributed by atoms with Crippen LogP contribution in [0.5, 0.6) is 5.75 Å². The zero-order chi connectivity index (χ0) is 19.0. The molecular formula is C20H25N3O3S. The van der Waals surface area contributed by atoms with Crippen LogP contribution in [0.4, 0.5) is 11.4 Å². The van der Waals surface area contributed by atoms with Gasteiger partial charge in [-0.05, 0) is 61.4 Å². The Morgan fingerprint density at radius 3 is 2.41 bits per heavy atom. The molecule has 0 bridgehead atoms. The number of ether oxygens (including phenoxy) is 1. The molecule has 2 heterocycles. The van der Waals surface area contributed by atoms with Gasteiger partial charge < -0.3 is 15.0 Å². The second-order valence-corrected chi connectivity index (χ2v) is 9.10. The Balaban J connectivity index is 1.46. The molecule has 27 heavy (non-hydrogen) atoms. The second-order valence-electron chi connectivity index (χ2n) is 7.16. The molecule has 0 aromatic heterocycles.